The molecule has 0 radical (unpaired) electrons. The maximum atomic E-state index is 14.1. The molecule has 0 aliphatic rings. The summed E-state index contributed by atoms with van der Waals surface area (Å²) in [5, 5.41) is 7.46. The van der Waals surface area contributed by atoms with Gasteiger partial charge in [0.25, 0.3) is 0 Å². The van der Waals surface area contributed by atoms with E-state index in [9.17, 15) is 4.39 Å². The highest BCUT2D eigenvalue weighted by Gasteiger charge is 2.17. The molecule has 0 spiro atoms. The summed E-state index contributed by atoms with van der Waals surface area (Å²) in [5.74, 6) is 1.18. The molecule has 4 aromatic rings. The lowest BCUT2D eigenvalue weighted by molar-refractivity contribution is 0.440. The molecule has 0 unspecified atom stereocenters. The van der Waals surface area contributed by atoms with Crippen molar-refractivity contribution in [3.8, 4) is 11.8 Å². The Morgan fingerprint density at radius 1 is 1.21 bits per heavy atom. The molecule has 4 rings (SSSR count). The van der Waals surface area contributed by atoms with Gasteiger partial charge in [0, 0.05) is 25.5 Å². The molecule has 0 saturated heterocycles. The number of aryl methyl sites for hydroxylation is 1. The van der Waals surface area contributed by atoms with Crippen molar-refractivity contribution < 1.29 is 9.13 Å². The molecule has 0 atom stereocenters. The van der Waals surface area contributed by atoms with Crippen LogP contribution in [0, 0.1) is 12.7 Å². The summed E-state index contributed by atoms with van der Waals surface area (Å²) >= 11 is 0. The molecule has 10 heteroatoms. The number of anilines is 2. The fourth-order valence-electron chi connectivity index (χ4n) is 2.94. The molecule has 144 valence electrons. The van der Waals surface area contributed by atoms with Crippen molar-refractivity contribution >= 4 is 33.4 Å². The molecule has 0 amide bonds. The van der Waals surface area contributed by atoms with Gasteiger partial charge in [0.05, 0.1) is 29.0 Å². The summed E-state index contributed by atoms with van der Waals surface area (Å²) in [6.45, 7) is 2.68. The summed E-state index contributed by atoms with van der Waals surface area (Å²) in [5.41, 5.74) is 7.47. The van der Waals surface area contributed by atoms with Crippen LogP contribution in [0.4, 0.5) is 15.9 Å². The van der Waals surface area contributed by atoms with Gasteiger partial charge in [-0.3, -0.25) is 0 Å². The van der Waals surface area contributed by atoms with E-state index in [1.807, 2.05) is 0 Å². The van der Waals surface area contributed by atoms with Crippen LogP contribution in [-0.4, -0.2) is 45.1 Å². The fraction of sp³-hybridized carbons (Fsp3) is 0.222. The number of halogens is 1. The van der Waals surface area contributed by atoms with Crippen molar-refractivity contribution in [2.45, 2.75) is 6.92 Å². The molecule has 0 saturated carbocycles. The first-order valence-corrected chi connectivity index (χ1v) is 8.70. The molecule has 1 aromatic carbocycles. The number of aromatic amines is 1. The van der Waals surface area contributed by atoms with Gasteiger partial charge in [-0.2, -0.15) is 9.97 Å². The van der Waals surface area contributed by atoms with Crippen molar-refractivity contribution in [2.75, 3.05) is 30.8 Å². The van der Waals surface area contributed by atoms with E-state index in [1.165, 1.54) is 12.1 Å². The number of fused-ring (bicyclic) bond motifs is 3. The second kappa shape index (κ2) is 7.24. The first kappa shape index (κ1) is 17.9. The Morgan fingerprint density at radius 2 is 2.00 bits per heavy atom. The number of rotatable bonds is 6. The van der Waals surface area contributed by atoms with E-state index in [-0.39, 0.29) is 11.8 Å². The zero-order valence-corrected chi connectivity index (χ0v) is 15.4. The number of nitrogens with one attached hydrogen (secondary N) is 3. The summed E-state index contributed by atoms with van der Waals surface area (Å²) in [7, 11) is 1.73. The van der Waals surface area contributed by atoms with Crippen molar-refractivity contribution in [3.63, 3.8) is 0 Å². The largest absolute Gasteiger partial charge is 0.421 e. The van der Waals surface area contributed by atoms with Gasteiger partial charge in [0.2, 0.25) is 0 Å². The van der Waals surface area contributed by atoms with Gasteiger partial charge >= 0.3 is 6.01 Å². The normalized spacial score (nSPS) is 11.1. The number of hydrogen-bond donors (Lipinski definition) is 4. The summed E-state index contributed by atoms with van der Waals surface area (Å²) in [6, 6.07) is 2.97. The van der Waals surface area contributed by atoms with Crippen LogP contribution in [0.1, 0.15) is 5.82 Å². The van der Waals surface area contributed by atoms with Crippen LogP contribution in [0.15, 0.2) is 24.5 Å². The molecule has 28 heavy (non-hydrogen) atoms. The lowest BCUT2D eigenvalue weighted by atomic mass is 10.1. The molecular formula is C18H19FN8O. The summed E-state index contributed by atoms with van der Waals surface area (Å²) in [4.78, 5) is 20.3. The first-order chi connectivity index (χ1) is 13.6. The third-order valence-electron chi connectivity index (χ3n) is 4.18. The average molecular weight is 382 g/mol. The Kier molecular flexibility index (Phi) is 4.62. The highest BCUT2D eigenvalue weighted by molar-refractivity contribution is 6.14. The van der Waals surface area contributed by atoms with Crippen LogP contribution in [0.3, 0.4) is 0 Å². The van der Waals surface area contributed by atoms with Crippen molar-refractivity contribution in [3.05, 3.63) is 36.2 Å². The third-order valence-corrected chi connectivity index (χ3v) is 4.18. The monoisotopic (exact) mass is 382 g/mol. The van der Waals surface area contributed by atoms with Crippen LogP contribution >= 0.6 is 0 Å². The van der Waals surface area contributed by atoms with E-state index in [0.717, 1.165) is 5.52 Å². The van der Waals surface area contributed by atoms with E-state index in [0.29, 0.717) is 52.6 Å². The van der Waals surface area contributed by atoms with Gasteiger partial charge in [-0.1, -0.05) is 0 Å². The van der Waals surface area contributed by atoms with Crippen LogP contribution in [0.2, 0.25) is 0 Å². The van der Waals surface area contributed by atoms with Crippen LogP contribution < -0.4 is 21.1 Å². The number of H-pyrrole nitrogens is 1. The highest BCUT2D eigenvalue weighted by atomic mass is 19.1. The number of nitrogens with two attached hydrogens (primary N) is 1. The molecule has 0 aliphatic carbocycles. The minimum atomic E-state index is -0.361. The Morgan fingerprint density at radius 3 is 2.71 bits per heavy atom. The van der Waals surface area contributed by atoms with Gasteiger partial charge in [0.15, 0.2) is 5.75 Å². The van der Waals surface area contributed by atoms with Gasteiger partial charge in [0.1, 0.15) is 23.1 Å². The molecule has 3 heterocycles. The first-order valence-electron chi connectivity index (χ1n) is 8.70. The van der Waals surface area contributed by atoms with Crippen molar-refractivity contribution in [2.24, 2.45) is 5.73 Å². The Bertz CT molecular complexity index is 1140. The Balaban J connectivity index is 1.88. The molecule has 5 N–H and O–H groups in total. The standard InChI is InChI=1S/C18H19FN8O/c1-9-23-7-11(8-24-9)28-18-26-16(22-4-3-20)14-12-5-10(19)6-13(21-2)15(12)25-17(14)27-18/h5-8,21H,3-4,20H2,1-2H3,(H2,22,25,26,27). The predicted molar refractivity (Wildman–Crippen MR) is 105 cm³/mol. The predicted octanol–water partition coefficient (Wildman–Crippen LogP) is 2.55. The van der Waals surface area contributed by atoms with E-state index in [1.54, 1.807) is 26.4 Å². The second-order valence-electron chi connectivity index (χ2n) is 6.11. The minimum Gasteiger partial charge on any atom is -0.421 e. The van der Waals surface area contributed by atoms with E-state index in [2.05, 4.69) is 35.6 Å². The number of aromatic nitrogens is 5. The molecule has 3 aromatic heterocycles. The van der Waals surface area contributed by atoms with E-state index < -0.39 is 0 Å². The zero-order valence-electron chi connectivity index (χ0n) is 15.4. The number of ether oxygens (including phenoxy) is 1. The van der Waals surface area contributed by atoms with Crippen LogP contribution in [0.25, 0.3) is 21.9 Å². The molecule has 0 aliphatic heterocycles. The maximum absolute atomic E-state index is 14.1. The highest BCUT2D eigenvalue weighted by Crippen LogP contribution is 2.35. The zero-order chi connectivity index (χ0) is 19.7. The second-order valence-corrected chi connectivity index (χ2v) is 6.11. The maximum Gasteiger partial charge on any atom is 0.326 e. The van der Waals surface area contributed by atoms with Gasteiger partial charge in [-0.15, -0.1) is 0 Å². The van der Waals surface area contributed by atoms with Gasteiger partial charge < -0.3 is 26.1 Å². The SMILES string of the molecule is CNc1cc(F)cc2c1[nH]c1nc(Oc3cnc(C)nc3)nc(NCCN)c12. The van der Waals surface area contributed by atoms with Crippen LogP contribution in [0.5, 0.6) is 11.8 Å². The van der Waals surface area contributed by atoms with Crippen LogP contribution in [-0.2, 0) is 0 Å². The van der Waals surface area contributed by atoms with Crippen molar-refractivity contribution in [1.29, 1.82) is 0 Å². The average Bonchev–Trinajstić information content (AvgIpc) is 3.05. The lowest BCUT2D eigenvalue weighted by Gasteiger charge is -2.09. The van der Waals surface area contributed by atoms with E-state index in [4.69, 9.17) is 10.5 Å². The van der Waals surface area contributed by atoms with Crippen molar-refractivity contribution in [1.82, 2.24) is 24.9 Å². The summed E-state index contributed by atoms with van der Waals surface area (Å²) < 4.78 is 19.8. The third kappa shape index (κ3) is 3.25. The topological polar surface area (TPSA) is 127 Å². The fourth-order valence-corrected chi connectivity index (χ4v) is 2.94. The summed E-state index contributed by atoms with van der Waals surface area (Å²) in [6.07, 6.45) is 3.09. The minimum absolute atomic E-state index is 0.109. The Labute approximate surface area is 159 Å². The number of hydrogen-bond acceptors (Lipinski definition) is 8. The Hall–Kier alpha value is -3.53. The molecular weight excluding hydrogens is 363 g/mol. The lowest BCUT2D eigenvalue weighted by Crippen LogP contribution is -2.14. The number of benzene rings is 1. The molecule has 0 bridgehead atoms. The van der Waals surface area contributed by atoms with Gasteiger partial charge in [-0.25, -0.2) is 14.4 Å². The molecule has 9 nitrogen and oxygen atoms in total. The van der Waals surface area contributed by atoms with E-state index >= 15 is 0 Å². The smallest absolute Gasteiger partial charge is 0.326 e. The quantitative estimate of drug-likeness (QED) is 0.401. The van der Waals surface area contributed by atoms with Gasteiger partial charge in [-0.05, 0) is 19.1 Å². The molecule has 0 fully saturated rings. The number of nitrogens with zero attached hydrogens (tertiary/aromatic N) is 4.